The predicted octanol–water partition coefficient (Wildman–Crippen LogP) is 3.02. The molecule has 136 valence electrons. The number of nitrogens with one attached hydrogen (secondary N) is 1. The SMILES string of the molecule is COC(Nc1ccn(Cc2c(C)noc2C)n1)c1ccc2c(c1)OCO2. The molecule has 0 amide bonds. The van der Waals surface area contributed by atoms with Crippen LogP contribution in [0.1, 0.15) is 28.8 Å². The van der Waals surface area contributed by atoms with Gasteiger partial charge >= 0.3 is 0 Å². The van der Waals surface area contributed by atoms with E-state index in [2.05, 4.69) is 15.6 Å². The van der Waals surface area contributed by atoms with Crippen molar-refractivity contribution in [3.63, 3.8) is 0 Å². The van der Waals surface area contributed by atoms with Gasteiger partial charge in [-0.15, -0.1) is 0 Å². The summed E-state index contributed by atoms with van der Waals surface area (Å²) in [7, 11) is 1.64. The van der Waals surface area contributed by atoms with Gasteiger partial charge in [-0.2, -0.15) is 5.10 Å². The number of hydrogen-bond acceptors (Lipinski definition) is 7. The van der Waals surface area contributed by atoms with E-state index in [9.17, 15) is 0 Å². The van der Waals surface area contributed by atoms with Crippen LogP contribution in [0.3, 0.4) is 0 Å². The molecular formula is C18H20N4O4. The number of nitrogens with zero attached hydrogens (tertiary/aromatic N) is 3. The van der Waals surface area contributed by atoms with Crippen LogP contribution in [0.25, 0.3) is 0 Å². The smallest absolute Gasteiger partial charge is 0.231 e. The minimum atomic E-state index is -0.355. The first-order valence-electron chi connectivity index (χ1n) is 8.28. The maximum atomic E-state index is 5.57. The molecule has 0 saturated heterocycles. The third kappa shape index (κ3) is 3.11. The van der Waals surface area contributed by atoms with Crippen LogP contribution >= 0.6 is 0 Å². The molecule has 0 bridgehead atoms. The summed E-state index contributed by atoms with van der Waals surface area (Å²) in [6.07, 6.45) is 1.55. The van der Waals surface area contributed by atoms with E-state index in [4.69, 9.17) is 18.7 Å². The number of anilines is 1. The maximum Gasteiger partial charge on any atom is 0.231 e. The van der Waals surface area contributed by atoms with Gasteiger partial charge in [-0.1, -0.05) is 11.2 Å². The summed E-state index contributed by atoms with van der Waals surface area (Å²) in [5, 5.41) is 11.8. The molecule has 1 unspecified atom stereocenters. The normalized spacial score (nSPS) is 13.8. The van der Waals surface area contributed by atoms with E-state index < -0.39 is 0 Å². The van der Waals surface area contributed by atoms with Gasteiger partial charge in [-0.25, -0.2) is 0 Å². The molecule has 26 heavy (non-hydrogen) atoms. The van der Waals surface area contributed by atoms with Crippen molar-refractivity contribution < 1.29 is 18.7 Å². The third-order valence-electron chi connectivity index (χ3n) is 4.36. The largest absolute Gasteiger partial charge is 0.454 e. The van der Waals surface area contributed by atoms with Gasteiger partial charge in [-0.05, 0) is 26.0 Å². The molecule has 3 heterocycles. The number of hydrogen-bond donors (Lipinski definition) is 1. The lowest BCUT2D eigenvalue weighted by Crippen LogP contribution is -2.13. The highest BCUT2D eigenvalue weighted by molar-refractivity contribution is 5.46. The van der Waals surface area contributed by atoms with Crippen molar-refractivity contribution in [1.82, 2.24) is 14.9 Å². The van der Waals surface area contributed by atoms with Gasteiger partial charge in [0.05, 0.1) is 12.2 Å². The Morgan fingerprint density at radius 3 is 2.85 bits per heavy atom. The van der Waals surface area contributed by atoms with Crippen molar-refractivity contribution in [3.05, 3.63) is 53.0 Å². The molecule has 1 aromatic carbocycles. The van der Waals surface area contributed by atoms with Gasteiger partial charge in [-0.3, -0.25) is 4.68 Å². The molecular weight excluding hydrogens is 336 g/mol. The van der Waals surface area contributed by atoms with Crippen molar-refractivity contribution >= 4 is 5.82 Å². The molecule has 8 nitrogen and oxygen atoms in total. The van der Waals surface area contributed by atoms with Crippen LogP contribution in [0, 0.1) is 13.8 Å². The van der Waals surface area contributed by atoms with Crippen molar-refractivity contribution in [3.8, 4) is 11.5 Å². The Morgan fingerprint density at radius 2 is 2.08 bits per heavy atom. The Hall–Kier alpha value is -3.00. The highest BCUT2D eigenvalue weighted by atomic mass is 16.7. The first-order valence-corrected chi connectivity index (χ1v) is 8.28. The Bertz CT molecular complexity index is 898. The van der Waals surface area contributed by atoms with E-state index >= 15 is 0 Å². The lowest BCUT2D eigenvalue weighted by atomic mass is 10.1. The summed E-state index contributed by atoms with van der Waals surface area (Å²) < 4.78 is 23.4. The summed E-state index contributed by atoms with van der Waals surface area (Å²) in [5.74, 6) is 2.98. The molecule has 1 N–H and O–H groups in total. The summed E-state index contributed by atoms with van der Waals surface area (Å²) in [6.45, 7) is 4.67. The standard InChI is InChI=1S/C18H20N4O4/c1-11-14(12(2)26-21-11)9-22-7-6-17(20-22)19-18(23-3)13-4-5-15-16(8-13)25-10-24-15/h4-8,18H,9-10H2,1-3H3,(H,19,20). The minimum Gasteiger partial charge on any atom is -0.454 e. The molecule has 0 spiro atoms. The number of aromatic nitrogens is 3. The summed E-state index contributed by atoms with van der Waals surface area (Å²) in [4.78, 5) is 0. The van der Waals surface area contributed by atoms with E-state index in [0.717, 1.165) is 34.1 Å². The van der Waals surface area contributed by atoms with Crippen molar-refractivity contribution in [2.75, 3.05) is 19.2 Å². The van der Waals surface area contributed by atoms with E-state index in [1.165, 1.54) is 0 Å². The van der Waals surface area contributed by atoms with E-state index in [1.807, 2.05) is 49.0 Å². The molecule has 2 aromatic heterocycles. The molecule has 4 rings (SSSR count). The van der Waals surface area contributed by atoms with Gasteiger partial charge < -0.3 is 24.1 Å². The summed E-state index contributed by atoms with van der Waals surface area (Å²) >= 11 is 0. The molecule has 1 aliphatic rings. The lowest BCUT2D eigenvalue weighted by molar-refractivity contribution is 0.126. The zero-order chi connectivity index (χ0) is 18.1. The van der Waals surface area contributed by atoms with Gasteiger partial charge in [0.1, 0.15) is 11.6 Å². The lowest BCUT2D eigenvalue weighted by Gasteiger charge is -2.17. The molecule has 1 aliphatic heterocycles. The van der Waals surface area contributed by atoms with E-state index in [0.29, 0.717) is 12.4 Å². The monoisotopic (exact) mass is 356 g/mol. The number of methoxy groups -OCH3 is 1. The molecule has 1 atom stereocenters. The molecule has 0 fully saturated rings. The highest BCUT2D eigenvalue weighted by Crippen LogP contribution is 2.35. The highest BCUT2D eigenvalue weighted by Gasteiger charge is 2.18. The second kappa shape index (κ2) is 6.72. The quantitative estimate of drug-likeness (QED) is 0.680. The van der Waals surface area contributed by atoms with E-state index in [-0.39, 0.29) is 13.0 Å². The molecule has 8 heteroatoms. The van der Waals surface area contributed by atoms with Crippen LogP contribution in [0.5, 0.6) is 11.5 Å². The third-order valence-corrected chi connectivity index (χ3v) is 4.36. The number of ether oxygens (including phenoxy) is 3. The van der Waals surface area contributed by atoms with Crippen LogP contribution in [-0.4, -0.2) is 28.8 Å². The summed E-state index contributed by atoms with van der Waals surface area (Å²) in [6, 6.07) is 7.62. The predicted molar refractivity (Wildman–Crippen MR) is 93.2 cm³/mol. The van der Waals surface area contributed by atoms with Crippen LogP contribution in [0.4, 0.5) is 5.82 Å². The zero-order valence-electron chi connectivity index (χ0n) is 14.9. The van der Waals surface area contributed by atoms with Crippen LogP contribution in [0.15, 0.2) is 35.0 Å². The van der Waals surface area contributed by atoms with E-state index in [1.54, 1.807) is 7.11 Å². The topological polar surface area (TPSA) is 83.6 Å². The first-order chi connectivity index (χ1) is 12.6. The minimum absolute atomic E-state index is 0.246. The van der Waals surface area contributed by atoms with Crippen LogP contribution < -0.4 is 14.8 Å². The summed E-state index contributed by atoms with van der Waals surface area (Å²) in [5.41, 5.74) is 2.85. The average Bonchev–Trinajstić information content (AvgIpc) is 3.36. The van der Waals surface area contributed by atoms with Gasteiger partial charge in [0, 0.05) is 30.5 Å². The fourth-order valence-electron chi connectivity index (χ4n) is 2.91. The Kier molecular flexibility index (Phi) is 4.26. The molecule has 0 radical (unpaired) electrons. The van der Waals surface area contributed by atoms with Crippen molar-refractivity contribution in [2.45, 2.75) is 26.6 Å². The number of fused-ring (bicyclic) bond motifs is 1. The number of aryl methyl sites for hydroxylation is 2. The zero-order valence-corrected chi connectivity index (χ0v) is 14.9. The number of rotatable bonds is 6. The molecule has 0 saturated carbocycles. The van der Waals surface area contributed by atoms with Gasteiger partial charge in [0.15, 0.2) is 17.7 Å². The Balaban J connectivity index is 1.49. The number of benzene rings is 1. The fraction of sp³-hybridized carbons (Fsp3) is 0.333. The van der Waals surface area contributed by atoms with Gasteiger partial charge in [0.25, 0.3) is 0 Å². The first kappa shape index (κ1) is 16.5. The van der Waals surface area contributed by atoms with Crippen molar-refractivity contribution in [1.29, 1.82) is 0 Å². The Morgan fingerprint density at radius 1 is 1.23 bits per heavy atom. The van der Waals surface area contributed by atoms with Crippen LogP contribution in [0.2, 0.25) is 0 Å². The maximum absolute atomic E-state index is 5.57. The second-order valence-corrected chi connectivity index (χ2v) is 6.07. The Labute approximate surface area is 150 Å². The van der Waals surface area contributed by atoms with Gasteiger partial charge in [0.2, 0.25) is 6.79 Å². The fourth-order valence-corrected chi connectivity index (χ4v) is 2.91. The molecule has 3 aromatic rings. The van der Waals surface area contributed by atoms with Crippen molar-refractivity contribution in [2.24, 2.45) is 0 Å². The average molecular weight is 356 g/mol. The second-order valence-electron chi connectivity index (χ2n) is 6.07. The molecule has 0 aliphatic carbocycles. The van der Waals surface area contributed by atoms with Crippen LogP contribution in [-0.2, 0) is 11.3 Å².